The molecular weight excluding hydrogens is 316 g/mol. The molecule has 0 aliphatic rings. The molecule has 1 aromatic carbocycles. The van der Waals surface area contributed by atoms with Gasteiger partial charge in [-0.15, -0.1) is 0 Å². The van der Waals surface area contributed by atoms with Crippen LogP contribution in [0.25, 0.3) is 0 Å². The number of sulfone groups is 1. The number of hydrogen-bond donors (Lipinski definition) is 2. The Balaban J connectivity index is 3.50. The van der Waals surface area contributed by atoms with Crippen LogP contribution in [-0.4, -0.2) is 51.7 Å². The Bertz CT molecular complexity index is 711. The molecule has 0 amide bonds. The van der Waals surface area contributed by atoms with E-state index in [1.807, 2.05) is 0 Å². The van der Waals surface area contributed by atoms with Crippen molar-refractivity contribution in [1.82, 2.24) is 4.31 Å². The average molecular weight is 336 g/mol. The molecule has 0 radical (unpaired) electrons. The first-order chi connectivity index (χ1) is 9.51. The van der Waals surface area contributed by atoms with Gasteiger partial charge in [-0.2, -0.15) is 4.31 Å². The van der Waals surface area contributed by atoms with Crippen molar-refractivity contribution >= 4 is 25.5 Å². The fraction of sp³-hybridized carbons (Fsp3) is 0.500. The summed E-state index contributed by atoms with van der Waals surface area (Å²) in [6, 6.07) is 3.16. The molecular formula is C12H20N2O5S2. The van der Waals surface area contributed by atoms with Gasteiger partial charge in [0.1, 0.15) is 4.90 Å². The van der Waals surface area contributed by atoms with Crippen molar-refractivity contribution in [3.8, 4) is 0 Å². The van der Waals surface area contributed by atoms with Gasteiger partial charge in [-0.25, -0.2) is 16.8 Å². The summed E-state index contributed by atoms with van der Waals surface area (Å²) in [7, 11) is -7.54. The largest absolute Gasteiger partial charge is 0.398 e. The van der Waals surface area contributed by atoms with Crippen LogP contribution in [0.4, 0.5) is 5.69 Å². The molecule has 120 valence electrons. The van der Waals surface area contributed by atoms with Gasteiger partial charge in [-0.05, 0) is 32.0 Å². The van der Waals surface area contributed by atoms with Crippen molar-refractivity contribution in [1.29, 1.82) is 0 Å². The highest BCUT2D eigenvalue weighted by molar-refractivity contribution is 7.91. The van der Waals surface area contributed by atoms with E-state index in [0.29, 0.717) is 0 Å². The van der Waals surface area contributed by atoms with Gasteiger partial charge in [0.15, 0.2) is 9.84 Å². The van der Waals surface area contributed by atoms with Crippen LogP contribution in [-0.2, 0) is 19.9 Å². The van der Waals surface area contributed by atoms with E-state index in [4.69, 9.17) is 10.8 Å². The maximum Gasteiger partial charge on any atom is 0.245 e. The van der Waals surface area contributed by atoms with E-state index in [1.165, 1.54) is 12.1 Å². The van der Waals surface area contributed by atoms with E-state index in [9.17, 15) is 16.8 Å². The van der Waals surface area contributed by atoms with E-state index >= 15 is 0 Å². The van der Waals surface area contributed by atoms with Gasteiger partial charge in [0.25, 0.3) is 0 Å². The number of benzene rings is 1. The number of nitrogen functional groups attached to an aromatic ring is 1. The van der Waals surface area contributed by atoms with Crippen LogP contribution in [0.3, 0.4) is 0 Å². The summed E-state index contributed by atoms with van der Waals surface area (Å²) < 4.78 is 49.4. The lowest BCUT2D eigenvalue weighted by molar-refractivity contribution is 0.236. The first-order valence-electron chi connectivity index (χ1n) is 6.24. The van der Waals surface area contributed by atoms with Crippen molar-refractivity contribution in [2.75, 3.05) is 25.1 Å². The molecule has 0 saturated carbocycles. The number of anilines is 1. The molecule has 0 aliphatic carbocycles. The molecule has 0 aliphatic heterocycles. The molecule has 1 aromatic rings. The summed E-state index contributed by atoms with van der Waals surface area (Å²) in [6.07, 6.45) is 0.989. The lowest BCUT2D eigenvalue weighted by Gasteiger charge is -2.25. The monoisotopic (exact) mass is 336 g/mol. The molecule has 0 saturated heterocycles. The molecule has 0 fully saturated rings. The first kappa shape index (κ1) is 17.9. The minimum Gasteiger partial charge on any atom is -0.398 e. The Morgan fingerprint density at radius 1 is 1.24 bits per heavy atom. The van der Waals surface area contributed by atoms with Crippen LogP contribution in [0.1, 0.15) is 13.8 Å². The van der Waals surface area contributed by atoms with Gasteiger partial charge in [-0.3, -0.25) is 0 Å². The maximum absolute atomic E-state index is 12.6. The summed E-state index contributed by atoms with van der Waals surface area (Å²) in [5.41, 5.74) is 5.65. The minimum absolute atomic E-state index is 0.0361. The van der Waals surface area contributed by atoms with Crippen molar-refractivity contribution in [3.63, 3.8) is 0 Å². The summed E-state index contributed by atoms with van der Waals surface area (Å²) >= 11 is 0. The van der Waals surface area contributed by atoms with Gasteiger partial charge in [0.05, 0.1) is 17.2 Å². The van der Waals surface area contributed by atoms with E-state index < -0.39 is 25.9 Å². The van der Waals surface area contributed by atoms with Crippen LogP contribution in [0, 0.1) is 0 Å². The van der Waals surface area contributed by atoms with Crippen LogP contribution < -0.4 is 5.73 Å². The third-order valence-electron chi connectivity index (χ3n) is 2.90. The number of aliphatic hydroxyl groups excluding tert-OH is 1. The Labute approximate surface area is 125 Å². The Kier molecular flexibility index (Phi) is 5.37. The lowest BCUT2D eigenvalue weighted by Crippen LogP contribution is -2.39. The molecule has 7 nitrogen and oxygen atoms in total. The van der Waals surface area contributed by atoms with E-state index in [0.717, 1.165) is 16.6 Å². The number of hydrogen-bond acceptors (Lipinski definition) is 6. The molecule has 0 heterocycles. The van der Waals surface area contributed by atoms with Crippen molar-refractivity contribution in [3.05, 3.63) is 18.2 Å². The fourth-order valence-electron chi connectivity index (χ4n) is 1.85. The highest BCUT2D eigenvalue weighted by Gasteiger charge is 2.29. The quantitative estimate of drug-likeness (QED) is 0.710. The van der Waals surface area contributed by atoms with Gasteiger partial charge in [0, 0.05) is 18.8 Å². The normalized spacial score (nSPS) is 13.0. The van der Waals surface area contributed by atoms with Gasteiger partial charge in [-0.1, -0.05) is 0 Å². The maximum atomic E-state index is 12.6. The number of rotatable bonds is 6. The third-order valence-corrected chi connectivity index (χ3v) is 6.14. The van der Waals surface area contributed by atoms with Crippen LogP contribution in [0.15, 0.2) is 28.0 Å². The average Bonchev–Trinajstić information content (AvgIpc) is 2.34. The molecule has 3 N–H and O–H groups in total. The Morgan fingerprint density at radius 2 is 1.81 bits per heavy atom. The van der Waals surface area contributed by atoms with Crippen LogP contribution in [0.2, 0.25) is 0 Å². The minimum atomic E-state index is -3.99. The zero-order chi connectivity index (χ0) is 16.4. The van der Waals surface area contributed by atoms with Gasteiger partial charge < -0.3 is 10.8 Å². The van der Waals surface area contributed by atoms with Crippen LogP contribution >= 0.6 is 0 Å². The summed E-state index contributed by atoms with van der Waals surface area (Å²) in [5, 5.41) is 9.02. The molecule has 0 spiro atoms. The smallest absolute Gasteiger partial charge is 0.245 e. The second kappa shape index (κ2) is 6.30. The molecule has 0 aromatic heterocycles. The van der Waals surface area contributed by atoms with Crippen molar-refractivity contribution in [2.45, 2.75) is 29.7 Å². The second-order valence-electron chi connectivity index (χ2n) is 4.90. The number of nitrogens with two attached hydrogens (primary N) is 1. The summed E-state index contributed by atoms with van der Waals surface area (Å²) in [4.78, 5) is -0.393. The Morgan fingerprint density at radius 3 is 2.24 bits per heavy atom. The fourth-order valence-corrected chi connectivity index (χ4v) is 4.34. The van der Waals surface area contributed by atoms with Crippen molar-refractivity contribution < 1.29 is 21.9 Å². The van der Waals surface area contributed by atoms with E-state index in [2.05, 4.69) is 0 Å². The molecule has 1 rings (SSSR count). The Hall–Kier alpha value is -1.16. The molecule has 9 heteroatoms. The number of sulfonamides is 1. The van der Waals surface area contributed by atoms with Gasteiger partial charge in [0.2, 0.25) is 10.0 Å². The SMILES string of the molecule is CC(C)N(CCO)S(=O)(=O)c1cc(S(C)(=O)=O)ccc1N. The number of aliphatic hydroxyl groups is 1. The zero-order valence-electron chi connectivity index (χ0n) is 12.1. The van der Waals surface area contributed by atoms with Gasteiger partial charge >= 0.3 is 0 Å². The van der Waals surface area contributed by atoms with E-state index in [1.54, 1.807) is 13.8 Å². The molecule has 0 atom stereocenters. The zero-order valence-corrected chi connectivity index (χ0v) is 13.8. The predicted molar refractivity (Wildman–Crippen MR) is 80.1 cm³/mol. The third kappa shape index (κ3) is 3.94. The highest BCUT2D eigenvalue weighted by Crippen LogP contribution is 2.26. The number of nitrogens with zero attached hydrogens (tertiary/aromatic N) is 1. The highest BCUT2D eigenvalue weighted by atomic mass is 32.2. The van der Waals surface area contributed by atoms with Crippen molar-refractivity contribution in [2.24, 2.45) is 0 Å². The predicted octanol–water partition coefficient (Wildman–Crippen LogP) is 0.0637. The second-order valence-corrected chi connectivity index (χ2v) is 8.78. The summed E-state index contributed by atoms with van der Waals surface area (Å²) in [5.74, 6) is 0. The van der Waals surface area contributed by atoms with Crippen LogP contribution in [0.5, 0.6) is 0 Å². The van der Waals surface area contributed by atoms with E-state index in [-0.39, 0.29) is 28.6 Å². The molecule has 0 bridgehead atoms. The first-order valence-corrected chi connectivity index (χ1v) is 9.57. The summed E-state index contributed by atoms with van der Waals surface area (Å²) in [6.45, 7) is 2.87. The lowest BCUT2D eigenvalue weighted by atomic mass is 10.3. The topological polar surface area (TPSA) is 118 Å². The standard InChI is InChI=1S/C12H20N2O5S2/c1-9(2)14(6-7-15)21(18,19)12-8-10(20(3,16)17)4-5-11(12)13/h4-5,8-9,15H,6-7,13H2,1-3H3. The molecule has 21 heavy (non-hydrogen) atoms. The molecule has 0 unspecified atom stereocenters.